The SMILES string of the molecule is [2H]C([2H])(C(C)C)[C@@]([2H])(C)NC(C)=O. The zero-order valence-electron chi connectivity index (χ0n) is 9.99. The summed E-state index contributed by atoms with van der Waals surface area (Å²) in [6, 6.07) is -1.58. The summed E-state index contributed by atoms with van der Waals surface area (Å²) < 4.78 is 23.0. The van der Waals surface area contributed by atoms with Gasteiger partial charge in [0.05, 0.1) is 1.37 Å². The van der Waals surface area contributed by atoms with E-state index in [0.29, 0.717) is 0 Å². The van der Waals surface area contributed by atoms with Crippen molar-refractivity contribution in [2.24, 2.45) is 5.92 Å². The Hall–Kier alpha value is -0.530. The molecule has 2 heteroatoms. The van der Waals surface area contributed by atoms with Crippen LogP contribution in [0.4, 0.5) is 0 Å². The summed E-state index contributed by atoms with van der Waals surface area (Å²) >= 11 is 0. The van der Waals surface area contributed by atoms with E-state index in [1.165, 1.54) is 13.8 Å². The maximum Gasteiger partial charge on any atom is 0.217 e. The van der Waals surface area contributed by atoms with Gasteiger partial charge in [0.1, 0.15) is 0 Å². The lowest BCUT2D eigenvalue weighted by atomic mass is 10.1. The molecule has 0 aliphatic heterocycles. The summed E-state index contributed by atoms with van der Waals surface area (Å²) in [5.74, 6) is -0.705. The number of amides is 1. The molecule has 0 heterocycles. The van der Waals surface area contributed by atoms with Gasteiger partial charge in [-0.3, -0.25) is 4.79 Å². The Balaban J connectivity index is 4.70. The standard InChI is InChI=1S/C8H17NO/c1-6(2)5-7(3)9-8(4)10/h6-7H,5H2,1-4H3,(H,9,10)/t7-/m1/s1/i5D2,7D. The third-order valence-electron chi connectivity index (χ3n) is 0.869. The fourth-order valence-electron chi connectivity index (χ4n) is 0.733. The van der Waals surface area contributed by atoms with Crippen LogP contribution in [0.2, 0.25) is 0 Å². The molecule has 0 spiro atoms. The van der Waals surface area contributed by atoms with Crippen LogP contribution >= 0.6 is 0 Å². The molecule has 0 aromatic heterocycles. The third-order valence-corrected chi connectivity index (χ3v) is 0.869. The molecule has 10 heavy (non-hydrogen) atoms. The van der Waals surface area contributed by atoms with Gasteiger partial charge in [-0.05, 0) is 19.2 Å². The van der Waals surface area contributed by atoms with Gasteiger partial charge in [-0.25, -0.2) is 0 Å². The smallest absolute Gasteiger partial charge is 0.217 e. The number of hydrogen-bond donors (Lipinski definition) is 1. The van der Waals surface area contributed by atoms with Crippen LogP contribution in [-0.2, 0) is 4.79 Å². The van der Waals surface area contributed by atoms with E-state index in [0.717, 1.165) is 0 Å². The Labute approximate surface area is 67.2 Å². The predicted octanol–water partition coefficient (Wildman–Crippen LogP) is 1.56. The molecule has 0 bridgehead atoms. The van der Waals surface area contributed by atoms with E-state index in [2.05, 4.69) is 5.32 Å². The molecule has 1 N–H and O–H groups in total. The highest BCUT2D eigenvalue weighted by atomic mass is 16.1. The van der Waals surface area contributed by atoms with Crippen LogP contribution in [-0.4, -0.2) is 11.9 Å². The Morgan fingerprint density at radius 2 is 2.20 bits per heavy atom. The van der Waals surface area contributed by atoms with Crippen LogP contribution in [0, 0.1) is 5.92 Å². The summed E-state index contributed by atoms with van der Waals surface area (Å²) in [5.41, 5.74) is 0. The van der Waals surface area contributed by atoms with Crippen molar-refractivity contribution in [3.63, 3.8) is 0 Å². The van der Waals surface area contributed by atoms with Crippen LogP contribution in [0.25, 0.3) is 0 Å². The topological polar surface area (TPSA) is 29.1 Å². The summed E-state index contributed by atoms with van der Waals surface area (Å²) in [4.78, 5) is 10.7. The maximum absolute atomic E-state index is 10.7. The molecule has 0 fully saturated rings. The second kappa shape index (κ2) is 4.31. The summed E-state index contributed by atoms with van der Waals surface area (Å²) in [6.07, 6.45) is -1.74. The molecule has 1 atom stereocenters. The van der Waals surface area contributed by atoms with Gasteiger partial charge in [-0.1, -0.05) is 13.8 Å². The molecule has 0 unspecified atom stereocenters. The van der Waals surface area contributed by atoms with Crippen molar-refractivity contribution in [1.29, 1.82) is 0 Å². The van der Waals surface area contributed by atoms with Gasteiger partial charge in [0.2, 0.25) is 5.91 Å². The molecule has 60 valence electrons. The molecular weight excluding hydrogens is 126 g/mol. The highest BCUT2D eigenvalue weighted by Gasteiger charge is 2.04. The molecule has 0 radical (unpaired) electrons. The number of rotatable bonds is 3. The van der Waals surface area contributed by atoms with Gasteiger partial charge < -0.3 is 5.32 Å². The fraction of sp³-hybridized carbons (Fsp3) is 0.875. The Kier molecular flexibility index (Phi) is 2.23. The lowest BCUT2D eigenvalue weighted by Gasteiger charge is -2.13. The van der Waals surface area contributed by atoms with Crippen LogP contribution < -0.4 is 5.32 Å². The average molecular weight is 146 g/mol. The van der Waals surface area contributed by atoms with Crippen LogP contribution in [0.3, 0.4) is 0 Å². The molecule has 0 saturated carbocycles. The van der Waals surface area contributed by atoms with E-state index in [9.17, 15) is 4.79 Å². The van der Waals surface area contributed by atoms with Crippen LogP contribution in [0.5, 0.6) is 0 Å². The van der Waals surface area contributed by atoms with Crippen LogP contribution in [0.15, 0.2) is 0 Å². The molecule has 2 nitrogen and oxygen atoms in total. The zero-order chi connectivity index (χ0) is 10.9. The highest BCUT2D eigenvalue weighted by Crippen LogP contribution is 2.02. The fourth-order valence-corrected chi connectivity index (χ4v) is 0.733. The van der Waals surface area contributed by atoms with E-state index in [-0.39, 0.29) is 11.8 Å². The normalized spacial score (nSPS) is 22.3. The van der Waals surface area contributed by atoms with Gasteiger partial charge in [0, 0.05) is 15.7 Å². The van der Waals surface area contributed by atoms with E-state index < -0.39 is 12.4 Å². The van der Waals surface area contributed by atoms with E-state index in [1.54, 1.807) is 13.8 Å². The molecule has 0 aromatic carbocycles. The number of carbonyl (C=O) groups is 1. The number of hydrogen-bond acceptors (Lipinski definition) is 1. The largest absolute Gasteiger partial charge is 0.354 e. The van der Waals surface area contributed by atoms with Crippen molar-refractivity contribution in [3.8, 4) is 0 Å². The number of nitrogens with one attached hydrogen (secondary N) is 1. The maximum atomic E-state index is 10.7. The first-order chi connectivity index (χ1) is 5.61. The Bertz CT molecular complexity index is 202. The number of carbonyl (C=O) groups excluding carboxylic acids is 1. The first-order valence-corrected chi connectivity index (χ1v) is 3.40. The summed E-state index contributed by atoms with van der Waals surface area (Å²) in [6.45, 7) is 6.03. The zero-order valence-corrected chi connectivity index (χ0v) is 6.99. The molecule has 0 rings (SSSR count). The summed E-state index contributed by atoms with van der Waals surface area (Å²) in [7, 11) is 0. The predicted molar refractivity (Wildman–Crippen MR) is 42.7 cm³/mol. The second-order valence-electron chi connectivity index (χ2n) is 2.61. The first-order valence-electron chi connectivity index (χ1n) is 4.90. The van der Waals surface area contributed by atoms with Crippen LogP contribution in [0.1, 0.15) is 38.2 Å². The first kappa shape index (κ1) is 5.16. The van der Waals surface area contributed by atoms with E-state index in [4.69, 9.17) is 4.11 Å². The van der Waals surface area contributed by atoms with Crippen molar-refractivity contribution in [2.45, 2.75) is 40.1 Å². The monoisotopic (exact) mass is 146 g/mol. The minimum absolute atomic E-state index is 0.318. The third kappa shape index (κ3) is 5.60. The van der Waals surface area contributed by atoms with Crippen molar-refractivity contribution in [1.82, 2.24) is 5.32 Å². The van der Waals surface area contributed by atoms with E-state index >= 15 is 0 Å². The molecule has 0 aliphatic carbocycles. The highest BCUT2D eigenvalue weighted by molar-refractivity contribution is 5.73. The van der Waals surface area contributed by atoms with Crippen molar-refractivity contribution < 1.29 is 8.91 Å². The average Bonchev–Trinajstić information content (AvgIpc) is 1.83. The van der Waals surface area contributed by atoms with Gasteiger partial charge in [0.25, 0.3) is 0 Å². The molecule has 0 aromatic rings. The molecule has 0 aliphatic rings. The van der Waals surface area contributed by atoms with Crippen molar-refractivity contribution >= 4 is 5.91 Å². The minimum Gasteiger partial charge on any atom is -0.354 e. The Morgan fingerprint density at radius 3 is 2.50 bits per heavy atom. The van der Waals surface area contributed by atoms with Crippen molar-refractivity contribution in [3.05, 3.63) is 0 Å². The van der Waals surface area contributed by atoms with Gasteiger partial charge >= 0.3 is 0 Å². The van der Waals surface area contributed by atoms with E-state index in [1.807, 2.05) is 0 Å². The lowest BCUT2D eigenvalue weighted by molar-refractivity contribution is -0.119. The summed E-state index contributed by atoms with van der Waals surface area (Å²) in [5, 5.41) is 2.29. The lowest BCUT2D eigenvalue weighted by Crippen LogP contribution is -2.31. The molecule has 1 amide bonds. The minimum atomic E-state index is -1.74. The van der Waals surface area contributed by atoms with Gasteiger partial charge in [-0.15, -0.1) is 0 Å². The molecular formula is C8H17NO. The second-order valence-corrected chi connectivity index (χ2v) is 2.61. The van der Waals surface area contributed by atoms with Gasteiger partial charge in [-0.2, -0.15) is 0 Å². The van der Waals surface area contributed by atoms with Gasteiger partial charge in [0.15, 0.2) is 0 Å². The quantitative estimate of drug-likeness (QED) is 0.643. The Morgan fingerprint density at radius 1 is 1.70 bits per heavy atom. The van der Waals surface area contributed by atoms with Crippen molar-refractivity contribution in [2.75, 3.05) is 0 Å². The molecule has 0 saturated heterocycles.